The van der Waals surface area contributed by atoms with Crippen LogP contribution in [-0.2, 0) is 15.1 Å². The van der Waals surface area contributed by atoms with Crippen molar-refractivity contribution < 1.29 is 14.6 Å². The molecule has 3 rings (SSSR count). The first kappa shape index (κ1) is 16.5. The molecule has 2 aliphatic heterocycles. The molecular formula is C19H27NO3. The summed E-state index contributed by atoms with van der Waals surface area (Å²) in [5, 5.41) is 10.8. The average molecular weight is 317 g/mol. The lowest BCUT2D eigenvalue weighted by Gasteiger charge is -2.38. The number of ether oxygens (including phenoxy) is 1. The Morgan fingerprint density at radius 1 is 1.22 bits per heavy atom. The van der Waals surface area contributed by atoms with Gasteiger partial charge < -0.3 is 14.7 Å². The van der Waals surface area contributed by atoms with Gasteiger partial charge in [0, 0.05) is 19.6 Å². The lowest BCUT2D eigenvalue weighted by molar-refractivity contribution is -0.147. The van der Waals surface area contributed by atoms with E-state index in [-0.39, 0.29) is 17.5 Å². The minimum absolute atomic E-state index is 0.0485. The molecule has 0 radical (unpaired) electrons. The van der Waals surface area contributed by atoms with Gasteiger partial charge in [-0.3, -0.25) is 4.79 Å². The number of nitrogens with zero attached hydrogens (tertiary/aromatic N) is 1. The van der Waals surface area contributed by atoms with Gasteiger partial charge in [-0.2, -0.15) is 0 Å². The van der Waals surface area contributed by atoms with Crippen molar-refractivity contribution in [2.24, 2.45) is 5.41 Å². The highest BCUT2D eigenvalue weighted by Gasteiger charge is 2.41. The first-order valence-corrected chi connectivity index (χ1v) is 8.60. The molecule has 1 N–H and O–H groups in total. The molecule has 2 fully saturated rings. The van der Waals surface area contributed by atoms with E-state index in [4.69, 9.17) is 4.74 Å². The molecule has 0 aromatic heterocycles. The number of carbonyl (C=O) groups is 1. The number of piperidine rings is 1. The third-order valence-corrected chi connectivity index (χ3v) is 5.33. The van der Waals surface area contributed by atoms with Crippen LogP contribution >= 0.6 is 0 Å². The van der Waals surface area contributed by atoms with Crippen LogP contribution in [0, 0.1) is 5.41 Å². The smallest absolute Gasteiger partial charge is 0.311 e. The Labute approximate surface area is 138 Å². The second-order valence-electron chi connectivity index (χ2n) is 7.64. The van der Waals surface area contributed by atoms with Crippen molar-refractivity contribution >= 4 is 5.97 Å². The molecule has 0 aliphatic carbocycles. The fraction of sp³-hybridized carbons (Fsp3) is 0.632. The maximum Gasteiger partial charge on any atom is 0.311 e. The number of cyclic esters (lactones) is 1. The van der Waals surface area contributed by atoms with Crippen LogP contribution in [0.25, 0.3) is 0 Å². The first-order valence-electron chi connectivity index (χ1n) is 8.60. The molecule has 0 bridgehead atoms. The molecule has 2 saturated heterocycles. The molecule has 4 nitrogen and oxygen atoms in total. The summed E-state index contributed by atoms with van der Waals surface area (Å²) in [6, 6.07) is 9.96. The highest BCUT2D eigenvalue weighted by molar-refractivity contribution is 5.78. The van der Waals surface area contributed by atoms with E-state index in [2.05, 4.69) is 4.90 Å². The Hall–Kier alpha value is -1.39. The monoisotopic (exact) mass is 317 g/mol. The zero-order valence-electron chi connectivity index (χ0n) is 14.1. The molecule has 2 heterocycles. The molecule has 0 unspecified atom stereocenters. The Balaban J connectivity index is 1.48. The van der Waals surface area contributed by atoms with Crippen LogP contribution in [0.4, 0.5) is 0 Å². The van der Waals surface area contributed by atoms with E-state index in [1.807, 2.05) is 44.2 Å². The highest BCUT2D eigenvalue weighted by atomic mass is 16.6. The van der Waals surface area contributed by atoms with E-state index < -0.39 is 5.60 Å². The number of aliphatic hydroxyl groups is 1. The Morgan fingerprint density at radius 2 is 1.87 bits per heavy atom. The quantitative estimate of drug-likeness (QED) is 0.868. The van der Waals surface area contributed by atoms with E-state index in [1.165, 1.54) is 0 Å². The molecular weight excluding hydrogens is 290 g/mol. The molecule has 23 heavy (non-hydrogen) atoms. The van der Waals surface area contributed by atoms with Crippen molar-refractivity contribution in [2.75, 3.05) is 19.6 Å². The average Bonchev–Trinajstić information content (AvgIpc) is 2.80. The fourth-order valence-corrected chi connectivity index (χ4v) is 3.68. The maximum atomic E-state index is 11.7. The minimum atomic E-state index is -0.695. The van der Waals surface area contributed by atoms with E-state index in [9.17, 15) is 9.90 Å². The van der Waals surface area contributed by atoms with Crippen LogP contribution in [0.3, 0.4) is 0 Å². The molecule has 1 atom stereocenters. The Kier molecular flexibility index (Phi) is 4.47. The van der Waals surface area contributed by atoms with Crippen LogP contribution in [-0.4, -0.2) is 41.7 Å². The summed E-state index contributed by atoms with van der Waals surface area (Å²) in [5.41, 5.74) is -0.00852. The normalized spacial score (nSPS) is 26.9. The zero-order valence-corrected chi connectivity index (χ0v) is 14.1. The van der Waals surface area contributed by atoms with E-state index in [1.54, 1.807) is 0 Å². The van der Waals surface area contributed by atoms with Gasteiger partial charge in [-0.1, -0.05) is 30.3 Å². The topological polar surface area (TPSA) is 49.8 Å². The maximum absolute atomic E-state index is 11.7. The number of hydrogen-bond acceptors (Lipinski definition) is 4. The molecule has 2 aliphatic rings. The summed E-state index contributed by atoms with van der Waals surface area (Å²) < 4.78 is 5.46. The summed E-state index contributed by atoms with van der Waals surface area (Å²) in [4.78, 5) is 14.1. The van der Waals surface area contributed by atoms with Gasteiger partial charge in [-0.25, -0.2) is 0 Å². The third-order valence-electron chi connectivity index (χ3n) is 5.33. The number of benzene rings is 1. The second-order valence-corrected chi connectivity index (χ2v) is 7.64. The lowest BCUT2D eigenvalue weighted by atomic mass is 9.84. The lowest BCUT2D eigenvalue weighted by Crippen LogP contribution is -2.43. The molecule has 0 saturated carbocycles. The van der Waals surface area contributed by atoms with Crippen molar-refractivity contribution in [1.29, 1.82) is 0 Å². The van der Waals surface area contributed by atoms with Gasteiger partial charge in [0.25, 0.3) is 0 Å². The number of esters is 1. The zero-order chi connectivity index (χ0) is 16.5. The molecule has 4 heteroatoms. The molecule has 126 valence electrons. The number of hydrogen-bond donors (Lipinski definition) is 1. The first-order chi connectivity index (χ1) is 10.9. The van der Waals surface area contributed by atoms with Gasteiger partial charge in [0.1, 0.15) is 6.10 Å². The van der Waals surface area contributed by atoms with Gasteiger partial charge in [-0.05, 0) is 45.1 Å². The molecule has 1 aromatic rings. The van der Waals surface area contributed by atoms with Crippen LogP contribution in [0.15, 0.2) is 30.3 Å². The molecule has 0 amide bonds. The van der Waals surface area contributed by atoms with Crippen LogP contribution in [0.2, 0.25) is 0 Å². The van der Waals surface area contributed by atoms with Gasteiger partial charge in [0.05, 0.1) is 11.0 Å². The summed E-state index contributed by atoms with van der Waals surface area (Å²) in [7, 11) is 0. The fourth-order valence-electron chi connectivity index (χ4n) is 3.68. The predicted molar refractivity (Wildman–Crippen MR) is 88.9 cm³/mol. The third kappa shape index (κ3) is 3.59. The van der Waals surface area contributed by atoms with Crippen molar-refractivity contribution in [1.82, 2.24) is 4.90 Å². The van der Waals surface area contributed by atoms with E-state index >= 15 is 0 Å². The van der Waals surface area contributed by atoms with Crippen molar-refractivity contribution in [3.63, 3.8) is 0 Å². The predicted octanol–water partition coefficient (Wildman–Crippen LogP) is 2.70. The van der Waals surface area contributed by atoms with Crippen LogP contribution in [0.5, 0.6) is 0 Å². The van der Waals surface area contributed by atoms with Crippen LogP contribution < -0.4 is 0 Å². The standard InChI is InChI=1S/C19H27NO3/c1-18(2)14-16(23-17(18)21)8-11-20-12-9-19(22,10-13-20)15-6-4-3-5-7-15/h3-7,16,22H,8-14H2,1-2H3/t16-/m1/s1. The number of carbonyl (C=O) groups excluding carboxylic acids is 1. The summed E-state index contributed by atoms with van der Waals surface area (Å²) in [6.07, 6.45) is 3.26. The van der Waals surface area contributed by atoms with Gasteiger partial charge in [-0.15, -0.1) is 0 Å². The van der Waals surface area contributed by atoms with Crippen molar-refractivity contribution in [2.45, 2.75) is 51.2 Å². The summed E-state index contributed by atoms with van der Waals surface area (Å²) >= 11 is 0. The molecule has 0 spiro atoms. The van der Waals surface area contributed by atoms with E-state index in [0.29, 0.717) is 0 Å². The minimum Gasteiger partial charge on any atom is -0.462 e. The van der Waals surface area contributed by atoms with Gasteiger partial charge in [0.15, 0.2) is 0 Å². The molecule has 1 aromatic carbocycles. The second kappa shape index (κ2) is 6.25. The summed E-state index contributed by atoms with van der Waals surface area (Å²) in [5.74, 6) is -0.0698. The Morgan fingerprint density at radius 3 is 2.43 bits per heavy atom. The van der Waals surface area contributed by atoms with Crippen LogP contribution in [0.1, 0.15) is 45.1 Å². The van der Waals surface area contributed by atoms with Gasteiger partial charge in [0.2, 0.25) is 0 Å². The number of rotatable bonds is 4. The van der Waals surface area contributed by atoms with Crippen molar-refractivity contribution in [3.05, 3.63) is 35.9 Å². The number of likely N-dealkylation sites (tertiary alicyclic amines) is 1. The highest BCUT2D eigenvalue weighted by Crippen LogP contribution is 2.35. The summed E-state index contributed by atoms with van der Waals surface area (Å²) in [6.45, 7) is 6.61. The largest absolute Gasteiger partial charge is 0.462 e. The SMILES string of the molecule is CC1(C)C[C@@H](CCN2CCC(O)(c3ccccc3)CC2)OC1=O. The van der Waals surface area contributed by atoms with Crippen molar-refractivity contribution in [3.8, 4) is 0 Å². The van der Waals surface area contributed by atoms with E-state index in [0.717, 1.165) is 50.9 Å². The Bertz CT molecular complexity index is 547. The van der Waals surface area contributed by atoms with Gasteiger partial charge >= 0.3 is 5.97 Å².